The lowest BCUT2D eigenvalue weighted by molar-refractivity contribution is 0.356. The summed E-state index contributed by atoms with van der Waals surface area (Å²) in [6.07, 6.45) is 4.26. The molecule has 0 aliphatic carbocycles. The number of methoxy groups -OCH3 is 2. The summed E-state index contributed by atoms with van der Waals surface area (Å²) in [6, 6.07) is 12.0. The lowest BCUT2D eigenvalue weighted by atomic mass is 9.97. The van der Waals surface area contributed by atoms with Crippen molar-refractivity contribution >= 4 is 21.7 Å². The second kappa shape index (κ2) is 9.21. The van der Waals surface area contributed by atoms with Crippen molar-refractivity contribution in [3.05, 3.63) is 75.3 Å². The Labute approximate surface area is 183 Å². The smallest absolute Gasteiger partial charge is 0.251 e. The van der Waals surface area contributed by atoms with E-state index in [1.54, 1.807) is 14.2 Å². The van der Waals surface area contributed by atoms with Crippen LogP contribution in [0.1, 0.15) is 43.2 Å². The summed E-state index contributed by atoms with van der Waals surface area (Å²) in [7, 11) is 3.27. The number of aromatic nitrogens is 2. The van der Waals surface area contributed by atoms with Crippen LogP contribution in [-0.2, 0) is 12.8 Å². The Kier molecular flexibility index (Phi) is 6.64. The summed E-state index contributed by atoms with van der Waals surface area (Å²) in [5, 5.41) is 3.11. The van der Waals surface area contributed by atoms with Crippen LogP contribution in [0.5, 0.6) is 11.5 Å². The van der Waals surface area contributed by atoms with Crippen LogP contribution >= 0.6 is 0 Å². The first-order valence-electron chi connectivity index (χ1n) is 10.2. The Hall–Kier alpha value is -3.34. The number of aromatic amines is 1. The quantitative estimate of drug-likeness (QED) is 0.444. The van der Waals surface area contributed by atoms with Crippen LogP contribution in [0.4, 0.5) is 0 Å². The van der Waals surface area contributed by atoms with E-state index in [9.17, 15) is 4.79 Å². The topological polar surface area (TPSA) is 64.2 Å². The van der Waals surface area contributed by atoms with Gasteiger partial charge in [0, 0.05) is 34.8 Å². The van der Waals surface area contributed by atoms with Crippen molar-refractivity contribution < 1.29 is 9.47 Å². The van der Waals surface area contributed by atoms with Gasteiger partial charge in [0.2, 0.25) is 0 Å². The summed E-state index contributed by atoms with van der Waals surface area (Å²) in [6.45, 7) is 4.19. The molecule has 31 heavy (non-hydrogen) atoms. The van der Waals surface area contributed by atoms with Crippen molar-refractivity contribution in [2.24, 2.45) is 0 Å². The third-order valence-corrected chi connectivity index (χ3v) is 5.50. The van der Waals surface area contributed by atoms with Crippen LogP contribution in [0.15, 0.2) is 47.4 Å². The highest BCUT2D eigenvalue weighted by molar-refractivity contribution is 5.91. The molecule has 4 rings (SSSR count). The highest BCUT2D eigenvalue weighted by Crippen LogP contribution is 2.35. The van der Waals surface area contributed by atoms with E-state index < -0.39 is 0 Å². The van der Waals surface area contributed by atoms with E-state index in [0.717, 1.165) is 51.3 Å². The molecule has 0 fully saturated rings. The third kappa shape index (κ3) is 4.26. The van der Waals surface area contributed by atoms with Gasteiger partial charge < -0.3 is 14.5 Å². The maximum atomic E-state index is 12.7. The molecule has 2 aromatic heterocycles. The maximum absolute atomic E-state index is 12.7. The van der Waals surface area contributed by atoms with Crippen molar-refractivity contribution in [1.29, 1.82) is 0 Å². The van der Waals surface area contributed by atoms with Crippen LogP contribution in [-0.4, -0.2) is 24.2 Å². The molecule has 0 atom stereocenters. The van der Waals surface area contributed by atoms with E-state index >= 15 is 0 Å². The Morgan fingerprint density at radius 2 is 1.68 bits per heavy atom. The van der Waals surface area contributed by atoms with Gasteiger partial charge in [-0.2, -0.15) is 0 Å². The Balaban J connectivity index is 0.00000272. The number of nitrogens with zero attached hydrogens (tertiary/aromatic N) is 1. The minimum atomic E-state index is -0.0717. The maximum Gasteiger partial charge on any atom is 0.251 e. The van der Waals surface area contributed by atoms with Crippen molar-refractivity contribution in [2.45, 2.75) is 40.5 Å². The molecule has 0 bridgehead atoms. The highest BCUT2D eigenvalue weighted by Gasteiger charge is 2.15. The number of nitrogens with one attached hydrogen (secondary N) is 1. The van der Waals surface area contributed by atoms with Crippen molar-refractivity contribution in [3.8, 4) is 11.5 Å². The van der Waals surface area contributed by atoms with Crippen LogP contribution in [0, 0.1) is 6.92 Å². The molecule has 5 nitrogen and oxygen atoms in total. The largest absolute Gasteiger partial charge is 0.493 e. The van der Waals surface area contributed by atoms with E-state index in [4.69, 9.17) is 14.5 Å². The van der Waals surface area contributed by atoms with E-state index in [-0.39, 0.29) is 13.0 Å². The monoisotopic (exact) mass is 418 g/mol. The molecule has 5 heteroatoms. The van der Waals surface area contributed by atoms with Gasteiger partial charge in [0.15, 0.2) is 11.5 Å². The molecule has 0 amide bonds. The second-order valence-electron chi connectivity index (χ2n) is 7.62. The van der Waals surface area contributed by atoms with E-state index in [0.29, 0.717) is 23.5 Å². The van der Waals surface area contributed by atoms with Gasteiger partial charge in [0.05, 0.1) is 14.2 Å². The zero-order valence-corrected chi connectivity index (χ0v) is 17.8. The van der Waals surface area contributed by atoms with Crippen molar-refractivity contribution in [3.63, 3.8) is 0 Å². The van der Waals surface area contributed by atoms with Crippen LogP contribution in [0.2, 0.25) is 0 Å². The predicted octanol–water partition coefficient (Wildman–Crippen LogP) is 5.58. The van der Waals surface area contributed by atoms with Crippen LogP contribution in [0.25, 0.3) is 21.7 Å². The molecule has 0 spiro atoms. The first kappa shape index (κ1) is 22.3. The Morgan fingerprint density at radius 3 is 2.35 bits per heavy atom. The van der Waals surface area contributed by atoms with Gasteiger partial charge in [-0.25, -0.2) is 0 Å². The van der Waals surface area contributed by atoms with Gasteiger partial charge >= 0.3 is 0 Å². The van der Waals surface area contributed by atoms with Crippen molar-refractivity contribution in [2.75, 3.05) is 14.2 Å². The van der Waals surface area contributed by atoms with Gasteiger partial charge in [-0.15, -0.1) is 0 Å². The Bertz CT molecular complexity index is 1290. The fourth-order valence-electron chi connectivity index (χ4n) is 3.96. The molecule has 0 saturated heterocycles. The lowest BCUT2D eigenvalue weighted by Crippen LogP contribution is -2.13. The zero-order valence-electron chi connectivity index (χ0n) is 17.8. The molecule has 2 aromatic carbocycles. The van der Waals surface area contributed by atoms with E-state index in [1.807, 2.05) is 43.5 Å². The third-order valence-electron chi connectivity index (χ3n) is 5.50. The summed E-state index contributed by atoms with van der Waals surface area (Å²) < 4.78 is 11.0. The fraction of sp³-hybridized carbons (Fsp3) is 0.308. The molecule has 4 aromatic rings. The minimum Gasteiger partial charge on any atom is -0.493 e. The number of aryl methyl sites for hydroxylation is 2. The van der Waals surface area contributed by atoms with E-state index in [1.165, 1.54) is 0 Å². The molecule has 2 heterocycles. The summed E-state index contributed by atoms with van der Waals surface area (Å²) in [5.74, 6) is 1.35. The predicted molar refractivity (Wildman–Crippen MR) is 128 cm³/mol. The number of pyridine rings is 2. The molecule has 0 aliphatic heterocycles. The summed E-state index contributed by atoms with van der Waals surface area (Å²) >= 11 is 0. The molecule has 0 saturated carbocycles. The number of H-pyrrole nitrogens is 1. The normalized spacial score (nSPS) is 10.8. The molecule has 0 aliphatic rings. The van der Waals surface area contributed by atoms with Gasteiger partial charge in [-0.05, 0) is 60.0 Å². The number of hydrogen-bond donors (Lipinski definition) is 1. The number of ether oxygens (including phenoxy) is 2. The first-order chi connectivity index (χ1) is 14.5. The zero-order chi connectivity index (χ0) is 21.3. The standard InChI is InChI=1S/C25H26N2O3.CH4/c1-5-6-22-20-13-24(30-4)23(29-3)12-19(20)18(14-26-22)11-17-10-16-9-15(2)7-8-21(16)27-25(17)28;/h7-10,12-14H,5-6,11H2,1-4H3,(H,27,28);1H4. The fourth-order valence-corrected chi connectivity index (χ4v) is 3.96. The lowest BCUT2D eigenvalue weighted by Gasteiger charge is -2.14. The van der Waals surface area contributed by atoms with Crippen LogP contribution in [0.3, 0.4) is 0 Å². The number of fused-ring (bicyclic) bond motifs is 2. The molecule has 162 valence electrons. The first-order valence-corrected chi connectivity index (χ1v) is 10.2. The van der Waals surface area contributed by atoms with Gasteiger partial charge in [0.25, 0.3) is 5.56 Å². The number of hydrogen-bond acceptors (Lipinski definition) is 4. The van der Waals surface area contributed by atoms with E-state index in [2.05, 4.69) is 18.0 Å². The van der Waals surface area contributed by atoms with Gasteiger partial charge in [-0.3, -0.25) is 9.78 Å². The average molecular weight is 419 g/mol. The average Bonchev–Trinajstić information content (AvgIpc) is 2.75. The van der Waals surface area contributed by atoms with Gasteiger partial charge in [0.1, 0.15) is 0 Å². The number of benzene rings is 2. The number of rotatable bonds is 6. The Morgan fingerprint density at radius 1 is 0.968 bits per heavy atom. The molecular weight excluding hydrogens is 388 g/mol. The van der Waals surface area contributed by atoms with Crippen molar-refractivity contribution in [1.82, 2.24) is 9.97 Å². The molecular formula is C26H30N2O3. The molecule has 0 radical (unpaired) electrons. The summed E-state index contributed by atoms with van der Waals surface area (Å²) in [5.41, 5.74) is 4.67. The molecule has 1 N–H and O–H groups in total. The molecule has 0 unspecified atom stereocenters. The highest BCUT2D eigenvalue weighted by atomic mass is 16.5. The second-order valence-corrected chi connectivity index (χ2v) is 7.62. The SMILES string of the molecule is C.CCCc1ncc(Cc2cc3cc(C)ccc3[nH]c2=O)c2cc(OC)c(OC)cc12. The minimum absolute atomic E-state index is 0. The van der Waals surface area contributed by atoms with Crippen LogP contribution < -0.4 is 15.0 Å². The van der Waals surface area contributed by atoms with Gasteiger partial charge in [-0.1, -0.05) is 32.4 Å². The summed E-state index contributed by atoms with van der Waals surface area (Å²) in [4.78, 5) is 20.5.